The molecule has 1 N–H and O–H groups in total. The maximum atomic E-state index is 15.2. The molecule has 0 spiro atoms. The largest absolute Gasteiger partial charge is 0.497 e. The Morgan fingerprint density at radius 1 is 1.09 bits per heavy atom. The lowest BCUT2D eigenvalue weighted by molar-refractivity contribution is 0.0598. The van der Waals surface area contributed by atoms with Gasteiger partial charge in [0.25, 0.3) is 0 Å². The van der Waals surface area contributed by atoms with Crippen molar-refractivity contribution >= 4 is 16.9 Å². The number of hydrogen-bond donors (Lipinski definition) is 1. The number of fused-ring (bicyclic) bond motifs is 1. The molecule has 228 valence electrons. The van der Waals surface area contributed by atoms with Gasteiger partial charge in [0.1, 0.15) is 29.0 Å². The highest BCUT2D eigenvalue weighted by Crippen LogP contribution is 2.38. The third kappa shape index (κ3) is 5.88. The molecule has 2 fully saturated rings. The summed E-state index contributed by atoms with van der Waals surface area (Å²) in [4.78, 5) is 6.91. The summed E-state index contributed by atoms with van der Waals surface area (Å²) in [6.45, 7) is 8.40. The molecule has 6 rings (SSSR count). The van der Waals surface area contributed by atoms with Crippen LogP contribution in [0.1, 0.15) is 74.5 Å². The van der Waals surface area contributed by atoms with Gasteiger partial charge in [0.05, 0.1) is 42.7 Å². The van der Waals surface area contributed by atoms with E-state index in [1.807, 2.05) is 33.5 Å². The number of ether oxygens (including phenoxy) is 2. The average Bonchev–Trinajstić information content (AvgIpc) is 3.46. The minimum Gasteiger partial charge on any atom is -0.497 e. The molecule has 10 heteroatoms. The van der Waals surface area contributed by atoms with Gasteiger partial charge in [-0.1, -0.05) is 18.1 Å². The Hall–Kier alpha value is -4.38. The Morgan fingerprint density at radius 2 is 1.86 bits per heavy atom. The van der Waals surface area contributed by atoms with Gasteiger partial charge in [-0.05, 0) is 69.7 Å². The molecule has 4 aromatic rings. The Labute approximate surface area is 257 Å². The first-order valence-corrected chi connectivity index (χ1v) is 15.0. The molecule has 1 saturated carbocycles. The van der Waals surface area contributed by atoms with Crippen molar-refractivity contribution in [2.45, 2.75) is 70.2 Å². The molecule has 1 aliphatic heterocycles. The monoisotopic (exact) mass is 595 g/mol. The highest BCUT2D eigenvalue weighted by molar-refractivity contribution is 5.78. The third-order valence-corrected chi connectivity index (χ3v) is 8.52. The maximum Gasteiger partial charge on any atom is 0.155 e. The fourth-order valence-corrected chi connectivity index (χ4v) is 6.15. The number of likely N-dealkylation sites (tertiary alicyclic amines) is 1. The van der Waals surface area contributed by atoms with Gasteiger partial charge in [-0.3, -0.25) is 4.90 Å². The zero-order valence-electron chi connectivity index (χ0n) is 25.9. The number of halogens is 1. The second-order valence-corrected chi connectivity index (χ2v) is 12.6. The minimum atomic E-state index is -0.415. The summed E-state index contributed by atoms with van der Waals surface area (Å²) in [5, 5.41) is 18.7. The Bertz CT molecular complexity index is 1760. The van der Waals surface area contributed by atoms with Crippen molar-refractivity contribution in [1.82, 2.24) is 24.2 Å². The number of imidazole rings is 1. The van der Waals surface area contributed by atoms with Crippen LogP contribution in [-0.2, 0) is 11.3 Å². The van der Waals surface area contributed by atoms with Crippen LogP contribution in [0.4, 0.5) is 10.2 Å². The molecule has 1 saturated heterocycles. The first kappa shape index (κ1) is 29.7. The van der Waals surface area contributed by atoms with Crippen LogP contribution in [0.3, 0.4) is 0 Å². The molecule has 9 nitrogen and oxygen atoms in total. The highest BCUT2D eigenvalue weighted by atomic mass is 19.1. The summed E-state index contributed by atoms with van der Waals surface area (Å²) >= 11 is 0. The topological polar surface area (TPSA) is 93.2 Å². The van der Waals surface area contributed by atoms with E-state index in [1.165, 1.54) is 6.07 Å². The lowest BCUT2D eigenvalue weighted by Crippen LogP contribution is -2.46. The van der Waals surface area contributed by atoms with Gasteiger partial charge in [0.15, 0.2) is 5.69 Å². The fraction of sp³-hybridized carbons (Fsp3) is 0.441. The Morgan fingerprint density at radius 3 is 2.52 bits per heavy atom. The second kappa shape index (κ2) is 12.0. The van der Waals surface area contributed by atoms with Gasteiger partial charge in [-0.2, -0.15) is 10.4 Å². The standard InChI is InChI=1S/C34H38FN7O2/c1-34(2,3)41-19-25(15-26(41)20-43-4)42-33(37-18-22-6-11-27(44-5)12-7-22)28(17-36)30(39-42)13-8-23-14-31-32(16-29(23)35)40(21-38-31)24-9-10-24/h6-7,11-12,14,16,21,24-26,37H,9-10,15,18-20H2,1-5H3/t25-,26+/m0/s1. The van der Waals surface area contributed by atoms with E-state index < -0.39 is 5.82 Å². The smallest absolute Gasteiger partial charge is 0.155 e. The van der Waals surface area contributed by atoms with E-state index in [9.17, 15) is 5.26 Å². The second-order valence-electron chi connectivity index (χ2n) is 12.6. The third-order valence-electron chi connectivity index (χ3n) is 8.52. The normalized spacial score (nSPS) is 18.7. The lowest BCUT2D eigenvalue weighted by Gasteiger charge is -2.36. The summed E-state index contributed by atoms with van der Waals surface area (Å²) in [6, 6.07) is 13.9. The van der Waals surface area contributed by atoms with E-state index in [-0.39, 0.29) is 23.2 Å². The molecule has 0 unspecified atom stereocenters. The summed E-state index contributed by atoms with van der Waals surface area (Å²) in [5.74, 6) is 6.95. The molecule has 2 atom stereocenters. The van der Waals surface area contributed by atoms with Gasteiger partial charge in [-0.25, -0.2) is 14.1 Å². The van der Waals surface area contributed by atoms with E-state index in [0.717, 1.165) is 42.6 Å². The molecule has 0 radical (unpaired) electrons. The number of nitrogens with one attached hydrogen (secondary N) is 1. The molecular weight excluding hydrogens is 557 g/mol. The predicted octanol–water partition coefficient (Wildman–Crippen LogP) is 5.66. The number of anilines is 1. The van der Waals surface area contributed by atoms with E-state index in [0.29, 0.717) is 41.8 Å². The van der Waals surface area contributed by atoms with Crippen molar-refractivity contribution in [2.75, 3.05) is 32.7 Å². The van der Waals surface area contributed by atoms with Crippen molar-refractivity contribution in [3.63, 3.8) is 0 Å². The molecule has 2 aromatic heterocycles. The van der Waals surface area contributed by atoms with Gasteiger partial charge >= 0.3 is 0 Å². The van der Waals surface area contributed by atoms with Crippen molar-refractivity contribution < 1.29 is 13.9 Å². The van der Waals surface area contributed by atoms with Crippen LogP contribution in [0.2, 0.25) is 0 Å². The number of methoxy groups -OCH3 is 2. The predicted molar refractivity (Wildman–Crippen MR) is 167 cm³/mol. The first-order valence-electron chi connectivity index (χ1n) is 15.0. The number of nitrogens with zero attached hydrogens (tertiary/aromatic N) is 6. The molecule has 0 bridgehead atoms. The molecule has 2 aliphatic rings. The zero-order chi connectivity index (χ0) is 31.0. The average molecular weight is 596 g/mol. The summed E-state index contributed by atoms with van der Waals surface area (Å²) in [7, 11) is 3.36. The number of nitriles is 1. The van der Waals surface area contributed by atoms with Crippen LogP contribution in [-0.4, -0.2) is 63.2 Å². The zero-order valence-corrected chi connectivity index (χ0v) is 25.9. The number of rotatable bonds is 8. The molecule has 1 aliphatic carbocycles. The van der Waals surface area contributed by atoms with Crippen molar-refractivity contribution in [3.05, 3.63) is 70.9 Å². The number of benzene rings is 2. The Kier molecular flexibility index (Phi) is 8.06. The minimum absolute atomic E-state index is 0.0186. The van der Waals surface area contributed by atoms with Gasteiger partial charge in [0, 0.05) is 43.9 Å². The SMILES string of the molecule is COC[C@H]1C[C@H](n2nc(C#Cc3cc4ncn(C5CC5)c4cc3F)c(C#N)c2NCc2ccc(OC)cc2)CN1C(C)(C)C. The van der Waals surface area contributed by atoms with Crippen molar-refractivity contribution in [1.29, 1.82) is 5.26 Å². The van der Waals surface area contributed by atoms with E-state index in [2.05, 4.69) is 53.9 Å². The molecular formula is C34H38FN7O2. The molecule has 2 aromatic carbocycles. The van der Waals surface area contributed by atoms with Crippen LogP contribution in [0.25, 0.3) is 11.0 Å². The molecule has 0 amide bonds. The van der Waals surface area contributed by atoms with Crippen LogP contribution < -0.4 is 10.1 Å². The molecule has 3 heterocycles. The first-order chi connectivity index (χ1) is 21.2. The van der Waals surface area contributed by atoms with Crippen molar-refractivity contribution in [3.8, 4) is 23.7 Å². The fourth-order valence-electron chi connectivity index (χ4n) is 6.15. The lowest BCUT2D eigenvalue weighted by atomic mass is 10.1. The van der Waals surface area contributed by atoms with E-state index in [4.69, 9.17) is 14.6 Å². The highest BCUT2D eigenvalue weighted by Gasteiger charge is 2.40. The Balaban J connectivity index is 1.37. The van der Waals surface area contributed by atoms with E-state index in [1.54, 1.807) is 26.6 Å². The van der Waals surface area contributed by atoms with Crippen LogP contribution in [0.15, 0.2) is 42.7 Å². The summed E-state index contributed by atoms with van der Waals surface area (Å²) in [6.07, 6.45) is 4.75. The quantitative estimate of drug-likeness (QED) is 0.263. The molecule has 44 heavy (non-hydrogen) atoms. The number of hydrogen-bond acceptors (Lipinski definition) is 7. The van der Waals surface area contributed by atoms with Crippen molar-refractivity contribution in [2.24, 2.45) is 0 Å². The van der Waals surface area contributed by atoms with E-state index >= 15 is 4.39 Å². The van der Waals surface area contributed by atoms with Crippen LogP contribution in [0, 0.1) is 29.0 Å². The summed E-state index contributed by atoms with van der Waals surface area (Å²) < 4.78 is 30.0. The maximum absolute atomic E-state index is 15.2. The van der Waals surface area contributed by atoms with Gasteiger partial charge in [0.2, 0.25) is 0 Å². The van der Waals surface area contributed by atoms with Gasteiger partial charge < -0.3 is 19.4 Å². The number of aromatic nitrogens is 4. The summed E-state index contributed by atoms with van der Waals surface area (Å²) in [5.41, 5.74) is 3.30. The van der Waals surface area contributed by atoms with Crippen LogP contribution in [0.5, 0.6) is 5.75 Å². The van der Waals surface area contributed by atoms with Crippen LogP contribution >= 0.6 is 0 Å². The van der Waals surface area contributed by atoms with Gasteiger partial charge in [-0.15, -0.1) is 0 Å².